The van der Waals surface area contributed by atoms with Crippen LogP contribution in [0.4, 0.5) is 0 Å². The van der Waals surface area contributed by atoms with Gasteiger partial charge in [-0.3, -0.25) is 14.4 Å². The molecule has 0 saturated carbocycles. The maximum atomic E-state index is 13.4. The van der Waals surface area contributed by atoms with Crippen molar-refractivity contribution in [1.82, 2.24) is 15.1 Å². The number of nitrogens with zero attached hydrogens (tertiary/aromatic N) is 2. The first-order valence-corrected chi connectivity index (χ1v) is 11.7. The van der Waals surface area contributed by atoms with Crippen molar-refractivity contribution in [2.45, 2.75) is 19.3 Å². The Balaban J connectivity index is 1.59. The van der Waals surface area contributed by atoms with Gasteiger partial charge in [-0.15, -0.1) is 11.3 Å². The van der Waals surface area contributed by atoms with Crippen LogP contribution in [0.5, 0.6) is 5.75 Å². The number of carbonyl (C=O) groups is 3. The topological polar surface area (TPSA) is 105 Å². The van der Waals surface area contributed by atoms with Gasteiger partial charge >= 0.3 is 0 Å². The fraction of sp³-hybridized carbons (Fsp3) is 0.240. The molecule has 1 fully saturated rings. The molecule has 1 aliphatic heterocycles. The molecule has 1 saturated heterocycles. The zero-order chi connectivity index (χ0) is 24.1. The summed E-state index contributed by atoms with van der Waals surface area (Å²) in [4.78, 5) is 43.3. The van der Waals surface area contributed by atoms with Gasteiger partial charge in [0.05, 0.1) is 12.0 Å². The van der Waals surface area contributed by atoms with Gasteiger partial charge < -0.3 is 25.6 Å². The molecule has 3 amide bonds. The highest BCUT2D eigenvalue weighted by molar-refractivity contribution is 7.12. The molecule has 3 aromatic rings. The van der Waals surface area contributed by atoms with Gasteiger partial charge in [-0.2, -0.15) is 0 Å². The monoisotopic (exact) mass is 478 g/mol. The van der Waals surface area contributed by atoms with E-state index in [2.05, 4.69) is 5.32 Å². The molecule has 0 aliphatic carbocycles. The Morgan fingerprint density at radius 2 is 1.74 bits per heavy atom. The molecule has 2 heterocycles. The zero-order valence-corrected chi connectivity index (χ0v) is 19.6. The normalized spacial score (nSPS) is 15.3. The lowest BCUT2D eigenvalue weighted by molar-refractivity contribution is -0.128. The van der Waals surface area contributed by atoms with Crippen LogP contribution in [0.15, 0.2) is 66.0 Å². The van der Waals surface area contributed by atoms with Crippen LogP contribution in [0.25, 0.3) is 0 Å². The smallest absolute Gasteiger partial charge is 0.266 e. The third-order valence-corrected chi connectivity index (χ3v) is 6.53. The Morgan fingerprint density at radius 1 is 1.00 bits per heavy atom. The quantitative estimate of drug-likeness (QED) is 0.543. The van der Waals surface area contributed by atoms with E-state index in [1.807, 2.05) is 29.6 Å². The van der Waals surface area contributed by atoms with E-state index in [1.165, 1.54) is 28.2 Å². The highest BCUT2D eigenvalue weighted by atomic mass is 32.1. The lowest BCUT2D eigenvalue weighted by atomic mass is 10.1. The summed E-state index contributed by atoms with van der Waals surface area (Å²) < 4.78 is 5.23. The van der Waals surface area contributed by atoms with Crippen molar-refractivity contribution in [3.05, 3.63) is 87.6 Å². The molecule has 176 valence electrons. The summed E-state index contributed by atoms with van der Waals surface area (Å²) in [5.74, 6) is -0.499. The second-order valence-electron chi connectivity index (χ2n) is 7.82. The number of hydrogen-bond donors (Lipinski definition) is 2. The maximum absolute atomic E-state index is 13.4. The molecule has 1 aromatic heterocycles. The van der Waals surface area contributed by atoms with Crippen LogP contribution in [0.3, 0.4) is 0 Å². The predicted molar refractivity (Wildman–Crippen MR) is 129 cm³/mol. The molecule has 34 heavy (non-hydrogen) atoms. The van der Waals surface area contributed by atoms with E-state index in [1.54, 1.807) is 36.4 Å². The molecule has 1 aliphatic rings. The number of rotatable bonds is 7. The fourth-order valence-electron chi connectivity index (χ4n) is 3.95. The summed E-state index contributed by atoms with van der Waals surface area (Å²) in [5, 5.41) is 4.70. The Hall–Kier alpha value is -3.69. The number of benzene rings is 2. The Kier molecular flexibility index (Phi) is 7.24. The zero-order valence-electron chi connectivity index (χ0n) is 18.8. The lowest BCUT2D eigenvalue weighted by Gasteiger charge is -2.29. The van der Waals surface area contributed by atoms with Crippen molar-refractivity contribution >= 4 is 29.1 Å². The molecule has 0 spiro atoms. The first-order chi connectivity index (χ1) is 16.5. The van der Waals surface area contributed by atoms with E-state index >= 15 is 0 Å². The second-order valence-corrected chi connectivity index (χ2v) is 8.77. The highest BCUT2D eigenvalue weighted by Crippen LogP contribution is 2.24. The third-order valence-electron chi connectivity index (χ3n) is 5.67. The van der Waals surface area contributed by atoms with Gasteiger partial charge in [-0.1, -0.05) is 36.4 Å². The molecule has 0 bridgehead atoms. The van der Waals surface area contributed by atoms with Crippen LogP contribution in [-0.2, 0) is 17.9 Å². The fourth-order valence-corrected chi connectivity index (χ4v) is 4.63. The van der Waals surface area contributed by atoms with Crippen LogP contribution in [0, 0.1) is 0 Å². The highest BCUT2D eigenvalue weighted by Gasteiger charge is 2.43. The Bertz CT molecular complexity index is 1180. The van der Waals surface area contributed by atoms with Crippen LogP contribution in [0.1, 0.15) is 31.2 Å². The average molecular weight is 479 g/mol. The molecule has 9 heteroatoms. The summed E-state index contributed by atoms with van der Waals surface area (Å²) in [6, 6.07) is 17.9. The van der Waals surface area contributed by atoms with E-state index in [0.29, 0.717) is 22.7 Å². The van der Waals surface area contributed by atoms with E-state index in [0.717, 1.165) is 11.1 Å². The minimum Gasteiger partial charge on any atom is -0.497 e. The van der Waals surface area contributed by atoms with Gasteiger partial charge in [0.25, 0.3) is 17.7 Å². The third kappa shape index (κ3) is 4.95. The maximum Gasteiger partial charge on any atom is 0.266 e. The first-order valence-electron chi connectivity index (χ1n) is 10.9. The number of thiophene rings is 1. The summed E-state index contributed by atoms with van der Waals surface area (Å²) >= 11 is 1.30. The van der Waals surface area contributed by atoms with Crippen LogP contribution < -0.4 is 15.8 Å². The number of carbonyl (C=O) groups excluding carboxylic acids is 3. The number of nitrogens with two attached hydrogens (primary N) is 1. The van der Waals surface area contributed by atoms with Crippen LogP contribution in [-0.4, -0.2) is 53.9 Å². The van der Waals surface area contributed by atoms with Crippen molar-refractivity contribution in [2.75, 3.05) is 20.2 Å². The first kappa shape index (κ1) is 23.5. The Morgan fingerprint density at radius 3 is 2.44 bits per heavy atom. The van der Waals surface area contributed by atoms with Gasteiger partial charge in [0.2, 0.25) is 0 Å². The van der Waals surface area contributed by atoms with Crippen molar-refractivity contribution in [1.29, 1.82) is 0 Å². The van der Waals surface area contributed by atoms with E-state index in [-0.39, 0.29) is 31.4 Å². The minimum atomic E-state index is -1.06. The van der Waals surface area contributed by atoms with E-state index < -0.39 is 12.1 Å². The van der Waals surface area contributed by atoms with E-state index in [4.69, 9.17) is 10.5 Å². The largest absolute Gasteiger partial charge is 0.497 e. The number of hydrogen-bond acceptors (Lipinski definition) is 6. The average Bonchev–Trinajstić information content (AvgIpc) is 3.57. The number of methoxy groups -OCH3 is 1. The molecule has 4 rings (SSSR count). The van der Waals surface area contributed by atoms with E-state index in [9.17, 15) is 14.4 Å². The molecule has 0 radical (unpaired) electrons. The summed E-state index contributed by atoms with van der Waals surface area (Å²) in [5.41, 5.74) is 7.94. The second kappa shape index (κ2) is 10.5. The molecule has 2 aromatic carbocycles. The van der Waals surface area contributed by atoms with Crippen molar-refractivity contribution in [3.63, 3.8) is 0 Å². The van der Waals surface area contributed by atoms with Crippen LogP contribution >= 0.6 is 11.3 Å². The molecular weight excluding hydrogens is 452 g/mol. The van der Waals surface area contributed by atoms with Gasteiger partial charge in [-0.05, 0) is 40.8 Å². The number of nitrogens with one attached hydrogen (secondary N) is 1. The molecule has 8 nitrogen and oxygen atoms in total. The van der Waals surface area contributed by atoms with Gasteiger partial charge in [0.1, 0.15) is 5.75 Å². The predicted octanol–water partition coefficient (Wildman–Crippen LogP) is 2.46. The lowest BCUT2D eigenvalue weighted by Crippen LogP contribution is -2.53. The van der Waals surface area contributed by atoms with Gasteiger partial charge in [0, 0.05) is 31.7 Å². The van der Waals surface area contributed by atoms with Gasteiger partial charge in [0.15, 0.2) is 6.17 Å². The Labute approximate surface area is 201 Å². The minimum absolute atomic E-state index is 0.244. The molecular formula is C25H26N4O4S. The SMILES string of the molecule is COc1cccc(C(=O)N2CCN(C(=O)c3cccs3)C2C(=O)NCc2cccc(CN)c2)c1. The van der Waals surface area contributed by atoms with Crippen molar-refractivity contribution in [2.24, 2.45) is 5.73 Å². The summed E-state index contributed by atoms with van der Waals surface area (Å²) in [6.45, 7) is 1.16. The molecule has 1 unspecified atom stereocenters. The summed E-state index contributed by atoms with van der Waals surface area (Å²) in [7, 11) is 1.52. The molecule has 1 atom stereocenters. The van der Waals surface area contributed by atoms with Crippen molar-refractivity contribution in [3.8, 4) is 5.75 Å². The summed E-state index contributed by atoms with van der Waals surface area (Å²) in [6.07, 6.45) is -1.06. The van der Waals surface area contributed by atoms with Crippen LogP contribution in [0.2, 0.25) is 0 Å². The number of amides is 3. The standard InChI is InChI=1S/C25H26N4O4S/c1-33-20-8-3-7-19(14-20)24(31)28-10-11-29(25(32)21-9-4-12-34-21)23(28)22(30)27-16-18-6-2-5-17(13-18)15-26/h2-9,12-14,23H,10-11,15-16,26H2,1H3,(H,27,30). The van der Waals surface area contributed by atoms with Gasteiger partial charge in [-0.25, -0.2) is 0 Å². The number of ether oxygens (including phenoxy) is 1. The molecule has 3 N–H and O–H groups in total. The van der Waals surface area contributed by atoms with Crippen molar-refractivity contribution < 1.29 is 19.1 Å².